The minimum absolute atomic E-state index is 0.0360. The number of halogens is 2. The van der Waals surface area contributed by atoms with E-state index in [0.717, 1.165) is 6.08 Å². The van der Waals surface area contributed by atoms with Crippen molar-refractivity contribution >= 4 is 51.7 Å². The highest BCUT2D eigenvalue weighted by atomic mass is 35.5. The van der Waals surface area contributed by atoms with Crippen LogP contribution in [0.25, 0.3) is 10.9 Å². The average Bonchev–Trinajstić information content (AvgIpc) is 2.65. The van der Waals surface area contributed by atoms with Crippen molar-refractivity contribution in [1.29, 1.82) is 0 Å². The van der Waals surface area contributed by atoms with E-state index < -0.39 is 17.7 Å². The van der Waals surface area contributed by atoms with Crippen LogP contribution in [0.15, 0.2) is 48.9 Å². The number of aliphatic carboxylic acids is 1. The number of fused-ring (bicyclic) bond motifs is 1. The van der Waals surface area contributed by atoms with Crippen molar-refractivity contribution in [3.63, 3.8) is 0 Å². The molecule has 8 nitrogen and oxygen atoms in total. The van der Waals surface area contributed by atoms with E-state index in [4.69, 9.17) is 16.7 Å². The number of nitrogens with one attached hydrogen (secondary N) is 2. The van der Waals surface area contributed by atoms with Gasteiger partial charge in [0.1, 0.15) is 23.8 Å². The van der Waals surface area contributed by atoms with Crippen LogP contribution in [0.3, 0.4) is 0 Å². The van der Waals surface area contributed by atoms with Crippen LogP contribution in [0.4, 0.5) is 21.7 Å². The first-order chi connectivity index (χ1) is 13.4. The Kier molecular flexibility index (Phi) is 5.75. The van der Waals surface area contributed by atoms with Crippen molar-refractivity contribution in [3.8, 4) is 0 Å². The van der Waals surface area contributed by atoms with Gasteiger partial charge in [0.15, 0.2) is 0 Å². The molecule has 0 spiro atoms. The molecule has 3 rings (SSSR count). The number of hydrogen-bond acceptors (Lipinski definition) is 6. The molecule has 0 saturated heterocycles. The normalized spacial score (nSPS) is 10.9. The summed E-state index contributed by atoms with van der Waals surface area (Å²) in [5.74, 6) is -1.46. The van der Waals surface area contributed by atoms with Crippen LogP contribution >= 0.6 is 11.6 Å². The highest BCUT2D eigenvalue weighted by Crippen LogP contribution is 2.26. The Hall–Kier alpha value is -3.59. The lowest BCUT2D eigenvalue weighted by Crippen LogP contribution is -2.09. The smallest absolute Gasteiger partial charge is 0.307 e. The number of nitrogens with zero attached hydrogens (tertiary/aromatic N) is 3. The van der Waals surface area contributed by atoms with Gasteiger partial charge >= 0.3 is 5.97 Å². The summed E-state index contributed by atoms with van der Waals surface area (Å²) in [7, 11) is 0. The number of rotatable bonds is 6. The molecule has 1 amide bonds. The zero-order valence-electron chi connectivity index (χ0n) is 14.2. The maximum absolute atomic E-state index is 13.3. The van der Waals surface area contributed by atoms with Gasteiger partial charge in [0, 0.05) is 11.1 Å². The van der Waals surface area contributed by atoms with Crippen LogP contribution in [-0.2, 0) is 9.59 Å². The number of amides is 1. The molecule has 0 unspecified atom stereocenters. The Balaban J connectivity index is 1.85. The Morgan fingerprint density at radius 1 is 1.21 bits per heavy atom. The van der Waals surface area contributed by atoms with E-state index in [9.17, 15) is 14.0 Å². The van der Waals surface area contributed by atoms with Crippen molar-refractivity contribution < 1.29 is 19.1 Å². The zero-order chi connectivity index (χ0) is 20.1. The second-order valence-electron chi connectivity index (χ2n) is 5.55. The van der Waals surface area contributed by atoms with Crippen LogP contribution in [0, 0.1) is 5.82 Å². The molecule has 2 aromatic heterocycles. The standard InChI is InChI=1S/C18H13ClFN5O3/c19-12-6-10(4-5-13(12)20)24-18-11-7-15(21-8-14(11)22-9-23-18)25-16(26)2-1-3-17(27)28/h1-2,4-9H,3H2,(H,27,28)(H,21,25,26)(H,22,23,24)/b2-1+. The lowest BCUT2D eigenvalue weighted by atomic mass is 10.2. The zero-order valence-corrected chi connectivity index (χ0v) is 14.9. The second kappa shape index (κ2) is 8.40. The molecular weight excluding hydrogens is 389 g/mol. The van der Waals surface area contributed by atoms with E-state index in [1.54, 1.807) is 6.07 Å². The SMILES string of the molecule is O=C(O)C/C=C/C(=O)Nc1cc2c(Nc3ccc(F)c(Cl)c3)ncnc2cn1. The summed E-state index contributed by atoms with van der Waals surface area (Å²) >= 11 is 5.79. The van der Waals surface area contributed by atoms with Gasteiger partial charge in [-0.05, 0) is 30.3 Å². The quantitative estimate of drug-likeness (QED) is 0.541. The van der Waals surface area contributed by atoms with E-state index in [-0.39, 0.29) is 17.3 Å². The Morgan fingerprint density at radius 2 is 2.04 bits per heavy atom. The number of carboxylic acids is 1. The molecule has 1 aromatic carbocycles. The molecule has 28 heavy (non-hydrogen) atoms. The number of pyridine rings is 1. The van der Waals surface area contributed by atoms with Crippen LogP contribution in [0.1, 0.15) is 6.42 Å². The molecule has 0 radical (unpaired) electrons. The van der Waals surface area contributed by atoms with Gasteiger partial charge in [0.25, 0.3) is 0 Å². The predicted octanol–water partition coefficient (Wildman–Crippen LogP) is 3.53. The third-order valence-electron chi connectivity index (χ3n) is 3.52. The number of hydrogen-bond donors (Lipinski definition) is 3. The first-order valence-electron chi connectivity index (χ1n) is 7.94. The Bertz CT molecular complexity index is 1090. The monoisotopic (exact) mass is 401 g/mol. The van der Waals surface area contributed by atoms with E-state index >= 15 is 0 Å². The van der Waals surface area contributed by atoms with Crippen molar-refractivity contribution in [2.24, 2.45) is 0 Å². The number of aromatic nitrogens is 3. The fraction of sp³-hybridized carbons (Fsp3) is 0.0556. The summed E-state index contributed by atoms with van der Waals surface area (Å²) in [6.07, 6.45) is 4.87. The molecule has 0 fully saturated rings. The van der Waals surface area contributed by atoms with Crippen LogP contribution in [0.5, 0.6) is 0 Å². The molecule has 142 valence electrons. The topological polar surface area (TPSA) is 117 Å². The summed E-state index contributed by atoms with van der Waals surface area (Å²) in [5, 5.41) is 14.6. The van der Waals surface area contributed by atoms with E-state index in [1.165, 1.54) is 36.8 Å². The molecule has 2 heterocycles. The van der Waals surface area contributed by atoms with Crippen molar-refractivity contribution in [2.75, 3.05) is 10.6 Å². The van der Waals surface area contributed by atoms with Gasteiger partial charge in [-0.3, -0.25) is 9.59 Å². The van der Waals surface area contributed by atoms with Gasteiger partial charge in [0.2, 0.25) is 5.91 Å². The molecule has 0 atom stereocenters. The number of anilines is 3. The predicted molar refractivity (Wildman–Crippen MR) is 102 cm³/mol. The second-order valence-corrected chi connectivity index (χ2v) is 5.96. The maximum atomic E-state index is 13.3. The van der Waals surface area contributed by atoms with Crippen molar-refractivity contribution in [3.05, 3.63) is 59.8 Å². The van der Waals surface area contributed by atoms with Crippen LogP contribution in [-0.4, -0.2) is 31.9 Å². The third kappa shape index (κ3) is 4.77. The number of carbonyl (C=O) groups excluding carboxylic acids is 1. The van der Waals surface area contributed by atoms with Gasteiger partial charge in [-0.25, -0.2) is 19.3 Å². The molecule has 0 bridgehead atoms. The van der Waals surface area contributed by atoms with Gasteiger partial charge in [0.05, 0.1) is 23.2 Å². The third-order valence-corrected chi connectivity index (χ3v) is 3.81. The highest BCUT2D eigenvalue weighted by molar-refractivity contribution is 6.31. The first kappa shape index (κ1) is 19.2. The Morgan fingerprint density at radius 3 is 2.79 bits per heavy atom. The molecule has 10 heteroatoms. The number of carbonyl (C=O) groups is 2. The molecule has 0 aliphatic heterocycles. The van der Waals surface area contributed by atoms with E-state index in [1.807, 2.05) is 0 Å². The lowest BCUT2D eigenvalue weighted by molar-refractivity contribution is -0.136. The van der Waals surface area contributed by atoms with Gasteiger partial charge in [-0.2, -0.15) is 0 Å². The van der Waals surface area contributed by atoms with Gasteiger partial charge < -0.3 is 15.7 Å². The molecule has 0 saturated carbocycles. The summed E-state index contributed by atoms with van der Waals surface area (Å²) in [6, 6.07) is 5.71. The number of carboxylic acid groups (broad SMARTS) is 1. The highest BCUT2D eigenvalue weighted by Gasteiger charge is 2.09. The maximum Gasteiger partial charge on any atom is 0.307 e. The minimum Gasteiger partial charge on any atom is -0.481 e. The van der Waals surface area contributed by atoms with Crippen LogP contribution < -0.4 is 10.6 Å². The minimum atomic E-state index is -1.04. The molecule has 0 aliphatic carbocycles. The molecule has 3 N–H and O–H groups in total. The van der Waals surface area contributed by atoms with Crippen molar-refractivity contribution in [2.45, 2.75) is 6.42 Å². The van der Waals surface area contributed by atoms with E-state index in [0.29, 0.717) is 22.4 Å². The molecular formula is C18H13ClFN5O3. The summed E-state index contributed by atoms with van der Waals surface area (Å²) < 4.78 is 13.3. The Labute approximate surface area is 163 Å². The fourth-order valence-electron chi connectivity index (χ4n) is 2.27. The van der Waals surface area contributed by atoms with Crippen LogP contribution in [0.2, 0.25) is 5.02 Å². The number of benzene rings is 1. The van der Waals surface area contributed by atoms with Gasteiger partial charge in [-0.1, -0.05) is 17.7 Å². The van der Waals surface area contributed by atoms with E-state index in [2.05, 4.69) is 25.6 Å². The summed E-state index contributed by atoms with van der Waals surface area (Å²) in [6.45, 7) is 0. The largest absolute Gasteiger partial charge is 0.481 e. The van der Waals surface area contributed by atoms with Gasteiger partial charge in [-0.15, -0.1) is 0 Å². The summed E-state index contributed by atoms with van der Waals surface area (Å²) in [5.41, 5.74) is 1.04. The molecule has 3 aromatic rings. The van der Waals surface area contributed by atoms with Crippen molar-refractivity contribution in [1.82, 2.24) is 15.0 Å². The summed E-state index contributed by atoms with van der Waals surface area (Å²) in [4.78, 5) is 34.7. The first-order valence-corrected chi connectivity index (χ1v) is 8.32. The fourth-order valence-corrected chi connectivity index (χ4v) is 2.45. The lowest BCUT2D eigenvalue weighted by Gasteiger charge is -2.10. The molecule has 0 aliphatic rings. The average molecular weight is 402 g/mol.